The molecule has 0 aromatic rings. The number of rotatable bonds is 14. The molecular weight excluding hydrogens is 336 g/mol. The summed E-state index contributed by atoms with van der Waals surface area (Å²) in [5, 5.41) is 0. The Hall–Kier alpha value is 1.32. The topological polar surface area (TPSA) is 36.9 Å². The van der Waals surface area contributed by atoms with Gasteiger partial charge in [0.15, 0.2) is 0 Å². The molecule has 0 saturated carbocycles. The van der Waals surface area contributed by atoms with Crippen LogP contribution in [-0.2, 0) is 17.7 Å². The largest absolute Gasteiger partial charge is 0.400 e. The minimum absolute atomic E-state index is 1.10. The van der Waals surface area contributed by atoms with Crippen molar-refractivity contribution in [3.05, 3.63) is 0 Å². The highest BCUT2D eigenvalue weighted by Gasteiger charge is 2.09. The summed E-state index contributed by atoms with van der Waals surface area (Å²) in [6.07, 6.45) is 2.36. The van der Waals surface area contributed by atoms with E-state index in [1.54, 1.807) is 28.4 Å². The molecule has 116 valence electrons. The molecule has 0 rings (SSSR count). The minimum atomic E-state index is -1.33. The summed E-state index contributed by atoms with van der Waals surface area (Å²) >= 11 is 0. The van der Waals surface area contributed by atoms with Crippen LogP contribution in [-0.4, -0.2) is 58.5 Å². The van der Waals surface area contributed by atoms with Crippen LogP contribution in [0.15, 0.2) is 0 Å². The molecule has 0 radical (unpaired) electrons. The van der Waals surface area contributed by atoms with E-state index in [1.807, 2.05) is 31.4 Å². The van der Waals surface area contributed by atoms with Crippen molar-refractivity contribution in [2.24, 2.45) is 0 Å². The molecule has 9 heteroatoms. The molecule has 4 nitrogen and oxygen atoms in total. The van der Waals surface area contributed by atoms with Gasteiger partial charge in [-0.05, 0) is 34.8 Å². The van der Waals surface area contributed by atoms with E-state index in [4.69, 9.17) is 17.7 Å². The zero-order valence-electron chi connectivity index (χ0n) is 12.3. The van der Waals surface area contributed by atoms with Crippen molar-refractivity contribution in [2.75, 3.05) is 39.9 Å². The Morgan fingerprint density at radius 2 is 1.05 bits per heavy atom. The SMILES string of the molecule is CO[SiH](CCCSSSCCC[SiH](OC)OC)OC. The lowest BCUT2D eigenvalue weighted by molar-refractivity contribution is 0.277. The monoisotopic (exact) mass is 362 g/mol. The van der Waals surface area contributed by atoms with Crippen molar-refractivity contribution in [1.29, 1.82) is 0 Å². The molecule has 0 aliphatic carbocycles. The van der Waals surface area contributed by atoms with Gasteiger partial charge >= 0.3 is 18.6 Å². The Labute approximate surface area is 132 Å². The third-order valence-corrected chi connectivity index (χ3v) is 10.8. The average molecular weight is 363 g/mol. The Balaban J connectivity index is 3.19. The smallest absolute Gasteiger partial charge is 0.320 e. The van der Waals surface area contributed by atoms with E-state index in [2.05, 4.69) is 0 Å². The third kappa shape index (κ3) is 12.8. The zero-order chi connectivity index (χ0) is 14.3. The summed E-state index contributed by atoms with van der Waals surface area (Å²) in [5.74, 6) is 2.34. The Morgan fingerprint density at radius 3 is 1.37 bits per heavy atom. The molecule has 0 aromatic heterocycles. The first kappa shape index (κ1) is 20.3. The van der Waals surface area contributed by atoms with Crippen LogP contribution in [0.3, 0.4) is 0 Å². The van der Waals surface area contributed by atoms with Crippen LogP contribution < -0.4 is 0 Å². The van der Waals surface area contributed by atoms with Crippen molar-refractivity contribution in [2.45, 2.75) is 24.9 Å². The van der Waals surface area contributed by atoms with E-state index in [1.165, 1.54) is 24.3 Å². The molecule has 0 heterocycles. The summed E-state index contributed by atoms with van der Waals surface area (Å²) in [6.45, 7) is 0. The van der Waals surface area contributed by atoms with E-state index in [-0.39, 0.29) is 0 Å². The summed E-state index contributed by atoms with van der Waals surface area (Å²) in [6, 6.07) is 2.19. The third-order valence-electron chi connectivity index (χ3n) is 2.48. The first-order valence-corrected chi connectivity index (χ1v) is 13.6. The Kier molecular flexibility index (Phi) is 16.8. The van der Waals surface area contributed by atoms with Crippen molar-refractivity contribution >= 4 is 50.0 Å². The fraction of sp³-hybridized carbons (Fsp3) is 1.00. The molecular formula is C10H26O4S3Si2. The van der Waals surface area contributed by atoms with Crippen LogP contribution in [0.2, 0.25) is 12.1 Å². The van der Waals surface area contributed by atoms with Gasteiger partial charge in [-0.2, -0.15) is 0 Å². The highest BCUT2D eigenvalue weighted by Crippen LogP contribution is 2.35. The van der Waals surface area contributed by atoms with E-state index < -0.39 is 18.6 Å². The molecule has 0 saturated heterocycles. The zero-order valence-corrected chi connectivity index (χ0v) is 17.0. The molecule has 0 unspecified atom stereocenters. The Bertz CT molecular complexity index is 168. The quantitative estimate of drug-likeness (QED) is 0.267. The minimum Gasteiger partial charge on any atom is -0.400 e. The summed E-state index contributed by atoms with van der Waals surface area (Å²) in [4.78, 5) is 0. The van der Waals surface area contributed by atoms with E-state index in [0.717, 1.165) is 12.1 Å². The molecule has 0 N–H and O–H groups in total. The fourth-order valence-corrected chi connectivity index (χ4v) is 8.31. The van der Waals surface area contributed by atoms with Crippen LogP contribution in [0, 0.1) is 0 Å². The van der Waals surface area contributed by atoms with E-state index >= 15 is 0 Å². The molecule has 0 amide bonds. The van der Waals surface area contributed by atoms with Crippen LogP contribution in [0.5, 0.6) is 0 Å². The van der Waals surface area contributed by atoms with Gasteiger partial charge in [-0.15, -0.1) is 0 Å². The molecule has 0 bridgehead atoms. The van der Waals surface area contributed by atoms with E-state index in [0.29, 0.717) is 0 Å². The maximum atomic E-state index is 5.28. The van der Waals surface area contributed by atoms with Crippen LogP contribution in [0.25, 0.3) is 0 Å². The molecule has 0 spiro atoms. The van der Waals surface area contributed by atoms with Gasteiger partial charge in [-0.25, -0.2) is 0 Å². The lowest BCUT2D eigenvalue weighted by Gasteiger charge is -2.10. The van der Waals surface area contributed by atoms with Crippen LogP contribution >= 0.6 is 31.4 Å². The van der Waals surface area contributed by atoms with Gasteiger partial charge in [0.1, 0.15) is 0 Å². The molecule has 0 aliphatic heterocycles. The second kappa shape index (κ2) is 15.7. The molecule has 0 aromatic carbocycles. The average Bonchev–Trinajstić information content (AvgIpc) is 2.45. The van der Waals surface area contributed by atoms with Crippen molar-refractivity contribution < 1.29 is 17.7 Å². The van der Waals surface area contributed by atoms with E-state index in [9.17, 15) is 0 Å². The standard InChI is InChI=1S/C10H26O4S3Si2/c1-11-18(12-2)9-5-7-15-17-16-8-6-10-19(13-3)14-4/h18-19H,5-10H2,1-4H3. The number of hydrogen-bond donors (Lipinski definition) is 0. The maximum Gasteiger partial charge on any atom is 0.320 e. The van der Waals surface area contributed by atoms with Gasteiger partial charge in [-0.3, -0.25) is 0 Å². The Morgan fingerprint density at radius 1 is 0.684 bits per heavy atom. The highest BCUT2D eigenvalue weighted by molar-refractivity contribution is 9.09. The van der Waals surface area contributed by atoms with Gasteiger partial charge in [-0.1, -0.05) is 21.6 Å². The lowest BCUT2D eigenvalue weighted by Crippen LogP contribution is -2.18. The van der Waals surface area contributed by atoms with Gasteiger partial charge in [0.25, 0.3) is 0 Å². The normalized spacial score (nSPS) is 11.7. The predicted molar refractivity (Wildman–Crippen MR) is 93.7 cm³/mol. The van der Waals surface area contributed by atoms with Crippen molar-refractivity contribution in [3.8, 4) is 0 Å². The van der Waals surface area contributed by atoms with Gasteiger partial charge in [0.05, 0.1) is 0 Å². The summed E-state index contributed by atoms with van der Waals surface area (Å²) < 4.78 is 21.1. The molecule has 0 aliphatic rings. The molecule has 0 fully saturated rings. The molecule has 0 atom stereocenters. The molecule has 19 heavy (non-hydrogen) atoms. The number of hydrogen-bond acceptors (Lipinski definition) is 7. The maximum absolute atomic E-state index is 5.28. The second-order valence-electron chi connectivity index (χ2n) is 3.80. The second-order valence-corrected chi connectivity index (χ2v) is 13.0. The first-order chi connectivity index (χ1) is 9.28. The first-order valence-electron chi connectivity index (χ1n) is 6.30. The van der Waals surface area contributed by atoms with Gasteiger partial charge in [0.2, 0.25) is 0 Å². The van der Waals surface area contributed by atoms with Gasteiger partial charge < -0.3 is 17.7 Å². The van der Waals surface area contributed by atoms with Crippen LogP contribution in [0.4, 0.5) is 0 Å². The van der Waals surface area contributed by atoms with Crippen molar-refractivity contribution in [1.82, 2.24) is 0 Å². The van der Waals surface area contributed by atoms with Gasteiger partial charge in [0, 0.05) is 39.9 Å². The summed E-state index contributed by atoms with van der Waals surface area (Å²) in [5.41, 5.74) is 0. The predicted octanol–water partition coefficient (Wildman–Crippen LogP) is 2.82. The van der Waals surface area contributed by atoms with Crippen LogP contribution in [0.1, 0.15) is 12.8 Å². The van der Waals surface area contributed by atoms with Crippen molar-refractivity contribution in [3.63, 3.8) is 0 Å². The fourth-order valence-electron chi connectivity index (χ4n) is 1.38. The highest BCUT2D eigenvalue weighted by atomic mass is 33.5. The lowest BCUT2D eigenvalue weighted by atomic mass is 10.6. The summed E-state index contributed by atoms with van der Waals surface area (Å²) in [7, 11) is 10.1.